The maximum atomic E-state index is 5.67. The predicted molar refractivity (Wildman–Crippen MR) is 64.8 cm³/mol. The monoisotopic (exact) mass is 222 g/mol. The average Bonchev–Trinajstić information content (AvgIpc) is 2.71. The van der Waals surface area contributed by atoms with E-state index in [-0.39, 0.29) is 0 Å². The van der Waals surface area contributed by atoms with Gasteiger partial charge in [0.15, 0.2) is 0 Å². The van der Waals surface area contributed by atoms with Gasteiger partial charge in [0.2, 0.25) is 0 Å². The highest BCUT2D eigenvalue weighted by atomic mass is 16.3. The van der Waals surface area contributed by atoms with Crippen molar-refractivity contribution in [2.24, 2.45) is 17.6 Å². The molecular weight excluding hydrogens is 200 g/mol. The number of nitrogens with zero attached hydrogens (tertiary/aromatic N) is 1. The SMILES string of the molecule is CC1CCN(Cc2occc2CN)CC1C. The number of hydrogen-bond donors (Lipinski definition) is 1. The molecular formula is C13H22N2O. The van der Waals surface area contributed by atoms with E-state index in [0.29, 0.717) is 6.54 Å². The average molecular weight is 222 g/mol. The second kappa shape index (κ2) is 5.02. The Kier molecular flexibility index (Phi) is 3.66. The van der Waals surface area contributed by atoms with Crippen LogP contribution in [0.4, 0.5) is 0 Å². The van der Waals surface area contributed by atoms with Crippen molar-refractivity contribution in [1.29, 1.82) is 0 Å². The number of furan rings is 1. The summed E-state index contributed by atoms with van der Waals surface area (Å²) in [5, 5.41) is 0. The molecule has 2 unspecified atom stereocenters. The second-order valence-electron chi connectivity index (χ2n) is 5.05. The molecule has 90 valence electrons. The van der Waals surface area contributed by atoms with Crippen LogP contribution in [0.3, 0.4) is 0 Å². The van der Waals surface area contributed by atoms with E-state index in [0.717, 1.165) is 29.7 Å². The van der Waals surface area contributed by atoms with Gasteiger partial charge in [0.1, 0.15) is 5.76 Å². The minimum Gasteiger partial charge on any atom is -0.468 e. The maximum absolute atomic E-state index is 5.67. The molecule has 0 bridgehead atoms. The summed E-state index contributed by atoms with van der Waals surface area (Å²) in [5.41, 5.74) is 6.82. The Bertz CT molecular complexity index is 334. The Morgan fingerprint density at radius 3 is 2.94 bits per heavy atom. The van der Waals surface area contributed by atoms with Crippen LogP contribution >= 0.6 is 0 Å². The van der Waals surface area contributed by atoms with E-state index in [9.17, 15) is 0 Å². The molecule has 2 atom stereocenters. The summed E-state index contributed by atoms with van der Waals surface area (Å²) in [6, 6.07) is 1.98. The minimum atomic E-state index is 0.575. The lowest BCUT2D eigenvalue weighted by molar-refractivity contribution is 0.124. The molecule has 0 spiro atoms. The highest BCUT2D eigenvalue weighted by Crippen LogP contribution is 2.24. The summed E-state index contributed by atoms with van der Waals surface area (Å²) in [5.74, 6) is 2.68. The first-order valence-corrected chi connectivity index (χ1v) is 6.18. The van der Waals surface area contributed by atoms with Crippen molar-refractivity contribution in [3.63, 3.8) is 0 Å². The van der Waals surface area contributed by atoms with E-state index in [4.69, 9.17) is 10.2 Å². The Morgan fingerprint density at radius 1 is 1.44 bits per heavy atom. The van der Waals surface area contributed by atoms with Crippen LogP contribution in [0.15, 0.2) is 16.7 Å². The predicted octanol–water partition coefficient (Wildman–Crippen LogP) is 2.22. The van der Waals surface area contributed by atoms with Gasteiger partial charge in [-0.15, -0.1) is 0 Å². The number of nitrogens with two attached hydrogens (primary N) is 1. The molecule has 2 rings (SSSR count). The molecule has 0 aliphatic carbocycles. The maximum Gasteiger partial charge on any atom is 0.122 e. The molecule has 1 aromatic rings. The molecule has 3 heteroatoms. The van der Waals surface area contributed by atoms with E-state index in [1.54, 1.807) is 6.26 Å². The van der Waals surface area contributed by atoms with Gasteiger partial charge in [0.25, 0.3) is 0 Å². The molecule has 1 fully saturated rings. The van der Waals surface area contributed by atoms with Crippen LogP contribution in [0.5, 0.6) is 0 Å². The van der Waals surface area contributed by atoms with Crippen molar-refractivity contribution >= 4 is 0 Å². The van der Waals surface area contributed by atoms with Gasteiger partial charge in [-0.25, -0.2) is 0 Å². The molecule has 0 aromatic carbocycles. The molecule has 0 radical (unpaired) electrons. The first kappa shape index (κ1) is 11.7. The standard InChI is InChI=1S/C13H22N2O/c1-10-3-5-15(8-11(10)2)9-13-12(7-14)4-6-16-13/h4,6,10-11H,3,5,7-9,14H2,1-2H3. The van der Waals surface area contributed by atoms with Crippen LogP contribution in [0.2, 0.25) is 0 Å². The topological polar surface area (TPSA) is 42.4 Å². The zero-order valence-corrected chi connectivity index (χ0v) is 10.3. The first-order valence-electron chi connectivity index (χ1n) is 6.18. The van der Waals surface area contributed by atoms with E-state index >= 15 is 0 Å². The van der Waals surface area contributed by atoms with Gasteiger partial charge >= 0.3 is 0 Å². The van der Waals surface area contributed by atoms with Crippen molar-refractivity contribution in [3.05, 3.63) is 23.7 Å². The zero-order chi connectivity index (χ0) is 11.5. The summed E-state index contributed by atoms with van der Waals surface area (Å²) >= 11 is 0. The van der Waals surface area contributed by atoms with E-state index in [1.807, 2.05) is 6.07 Å². The molecule has 1 aliphatic rings. The fraction of sp³-hybridized carbons (Fsp3) is 0.692. The third kappa shape index (κ3) is 2.47. The zero-order valence-electron chi connectivity index (χ0n) is 10.3. The number of rotatable bonds is 3. The third-order valence-electron chi connectivity index (χ3n) is 3.84. The molecule has 1 saturated heterocycles. The smallest absolute Gasteiger partial charge is 0.122 e. The van der Waals surface area contributed by atoms with Crippen LogP contribution < -0.4 is 5.73 Å². The van der Waals surface area contributed by atoms with Crippen LogP contribution in [0.25, 0.3) is 0 Å². The van der Waals surface area contributed by atoms with Gasteiger partial charge in [-0.2, -0.15) is 0 Å². The molecule has 0 saturated carbocycles. The number of likely N-dealkylation sites (tertiary alicyclic amines) is 1. The highest BCUT2D eigenvalue weighted by molar-refractivity contribution is 5.16. The van der Waals surface area contributed by atoms with Crippen LogP contribution in [-0.4, -0.2) is 18.0 Å². The first-order chi connectivity index (χ1) is 7.70. The second-order valence-corrected chi connectivity index (χ2v) is 5.05. The van der Waals surface area contributed by atoms with Crippen molar-refractivity contribution in [1.82, 2.24) is 4.90 Å². The molecule has 1 aromatic heterocycles. The number of piperidine rings is 1. The Morgan fingerprint density at radius 2 is 2.25 bits per heavy atom. The number of hydrogen-bond acceptors (Lipinski definition) is 3. The molecule has 1 aliphatic heterocycles. The lowest BCUT2D eigenvalue weighted by Crippen LogP contribution is -2.37. The lowest BCUT2D eigenvalue weighted by Gasteiger charge is -2.34. The quantitative estimate of drug-likeness (QED) is 0.852. The van der Waals surface area contributed by atoms with E-state index in [2.05, 4.69) is 18.7 Å². The normalized spacial score (nSPS) is 27.2. The summed E-state index contributed by atoms with van der Waals surface area (Å²) < 4.78 is 5.50. The Hall–Kier alpha value is -0.800. The summed E-state index contributed by atoms with van der Waals surface area (Å²) in [6.45, 7) is 8.52. The highest BCUT2D eigenvalue weighted by Gasteiger charge is 2.23. The van der Waals surface area contributed by atoms with E-state index < -0.39 is 0 Å². The summed E-state index contributed by atoms with van der Waals surface area (Å²) in [7, 11) is 0. The van der Waals surface area contributed by atoms with Crippen molar-refractivity contribution < 1.29 is 4.42 Å². The minimum absolute atomic E-state index is 0.575. The molecule has 2 heterocycles. The molecule has 2 N–H and O–H groups in total. The van der Waals surface area contributed by atoms with Crippen molar-refractivity contribution in [3.8, 4) is 0 Å². The third-order valence-corrected chi connectivity index (χ3v) is 3.84. The van der Waals surface area contributed by atoms with Gasteiger partial charge in [-0.3, -0.25) is 4.90 Å². The molecule has 3 nitrogen and oxygen atoms in total. The van der Waals surface area contributed by atoms with Gasteiger partial charge < -0.3 is 10.2 Å². The fourth-order valence-electron chi connectivity index (χ4n) is 2.38. The summed E-state index contributed by atoms with van der Waals surface area (Å²) in [6.07, 6.45) is 3.04. The van der Waals surface area contributed by atoms with Crippen LogP contribution in [0, 0.1) is 11.8 Å². The van der Waals surface area contributed by atoms with Crippen LogP contribution in [0.1, 0.15) is 31.6 Å². The summed E-state index contributed by atoms with van der Waals surface area (Å²) in [4.78, 5) is 2.47. The fourth-order valence-corrected chi connectivity index (χ4v) is 2.38. The van der Waals surface area contributed by atoms with Gasteiger partial charge in [-0.1, -0.05) is 13.8 Å². The van der Waals surface area contributed by atoms with Crippen molar-refractivity contribution in [2.75, 3.05) is 13.1 Å². The van der Waals surface area contributed by atoms with Crippen molar-refractivity contribution in [2.45, 2.75) is 33.4 Å². The Balaban J connectivity index is 1.95. The lowest BCUT2D eigenvalue weighted by atomic mass is 9.88. The Labute approximate surface area is 97.6 Å². The van der Waals surface area contributed by atoms with Gasteiger partial charge in [-0.05, 0) is 30.9 Å². The van der Waals surface area contributed by atoms with Gasteiger partial charge in [0, 0.05) is 18.7 Å². The largest absolute Gasteiger partial charge is 0.468 e. The van der Waals surface area contributed by atoms with Gasteiger partial charge in [0.05, 0.1) is 12.8 Å². The van der Waals surface area contributed by atoms with E-state index in [1.165, 1.54) is 19.5 Å². The molecule has 0 amide bonds. The van der Waals surface area contributed by atoms with Crippen LogP contribution in [-0.2, 0) is 13.1 Å². The molecule has 16 heavy (non-hydrogen) atoms.